The number of esters is 1. The summed E-state index contributed by atoms with van der Waals surface area (Å²) in [6, 6.07) is 6.23. The van der Waals surface area contributed by atoms with Crippen LogP contribution in [0.15, 0.2) is 24.3 Å². The molecule has 5 aliphatic carbocycles. The monoisotopic (exact) mass is 600 g/mol. The Morgan fingerprint density at radius 2 is 1.79 bits per heavy atom. The van der Waals surface area contributed by atoms with Crippen molar-refractivity contribution in [2.24, 2.45) is 23.2 Å². The highest BCUT2D eigenvalue weighted by atomic mass is 16.6. The lowest BCUT2D eigenvalue weighted by atomic mass is 9.43. The first-order chi connectivity index (χ1) is 20.4. The quantitative estimate of drug-likeness (QED) is 0.338. The molecule has 1 saturated heterocycles. The van der Waals surface area contributed by atoms with Gasteiger partial charge in [-0.05, 0) is 44.4 Å². The van der Waals surface area contributed by atoms with Gasteiger partial charge in [-0.25, -0.2) is 4.79 Å². The maximum Gasteiger partial charge on any atom is 0.340 e. The van der Waals surface area contributed by atoms with Gasteiger partial charge in [-0.1, -0.05) is 19.1 Å². The molecule has 1 aromatic carbocycles. The van der Waals surface area contributed by atoms with Gasteiger partial charge in [-0.15, -0.1) is 0 Å². The van der Waals surface area contributed by atoms with E-state index in [-0.39, 0.29) is 36.3 Å². The van der Waals surface area contributed by atoms with Gasteiger partial charge in [0.05, 0.1) is 35.6 Å². The van der Waals surface area contributed by atoms with E-state index >= 15 is 0 Å². The molecule has 43 heavy (non-hydrogen) atoms. The van der Waals surface area contributed by atoms with Crippen LogP contribution in [0.25, 0.3) is 0 Å². The minimum absolute atomic E-state index is 0.0723. The van der Waals surface area contributed by atoms with Gasteiger partial charge in [-0.3, -0.25) is 9.69 Å². The Labute approximate surface area is 251 Å². The Morgan fingerprint density at radius 1 is 1.05 bits per heavy atom. The molecular weight excluding hydrogens is 556 g/mol. The molecule has 1 amide bonds. The van der Waals surface area contributed by atoms with E-state index in [1.54, 1.807) is 45.6 Å². The van der Waals surface area contributed by atoms with Crippen LogP contribution in [-0.4, -0.2) is 113 Å². The Kier molecular flexibility index (Phi) is 6.50. The molecule has 0 unspecified atom stereocenters. The standard InChI is InChI=1S/C32H44N2O9/c1-6-34-16-28(43-26(36)18-9-7-8-10-20(18)33-17(2)35)12-11-24(41-4)31-22-13-19-21(40-3)14-30(38,32(22,39)25(19)42-5)29(37,27(31)34)15-23(28)31/h7-10,19,21-25,27,37-39H,6,11-16H2,1-5H3,(H,33,35)/t19-,21+,22+,23-,24+,25+,27-,28-,29+,30+,31+,32+/m1/s1. The van der Waals surface area contributed by atoms with E-state index in [1.807, 2.05) is 6.92 Å². The molecule has 12 atom stereocenters. The molecule has 4 N–H and O–H groups in total. The largest absolute Gasteiger partial charge is 0.454 e. The first-order valence-electron chi connectivity index (χ1n) is 15.5. The van der Waals surface area contributed by atoms with E-state index in [2.05, 4.69) is 10.2 Å². The fourth-order valence-electron chi connectivity index (χ4n) is 11.6. The van der Waals surface area contributed by atoms with E-state index in [0.29, 0.717) is 38.0 Å². The molecule has 11 nitrogen and oxygen atoms in total. The van der Waals surface area contributed by atoms with Crippen molar-refractivity contribution in [1.82, 2.24) is 4.90 Å². The molecule has 0 radical (unpaired) electrons. The number of likely N-dealkylation sites (tertiary alicyclic amines) is 1. The molecule has 1 aliphatic heterocycles. The van der Waals surface area contributed by atoms with E-state index in [9.17, 15) is 24.9 Å². The number of nitrogens with zero attached hydrogens (tertiary/aromatic N) is 1. The number of methoxy groups -OCH3 is 3. The third-order valence-electron chi connectivity index (χ3n) is 12.7. The summed E-state index contributed by atoms with van der Waals surface area (Å²) in [5.41, 5.74) is -6.72. The maximum absolute atomic E-state index is 14.0. The number of ether oxygens (including phenoxy) is 4. The molecule has 1 spiro atoms. The van der Waals surface area contributed by atoms with Gasteiger partial charge in [0.2, 0.25) is 5.91 Å². The van der Waals surface area contributed by atoms with E-state index in [4.69, 9.17) is 18.9 Å². The van der Waals surface area contributed by atoms with Crippen LogP contribution in [0.4, 0.5) is 5.69 Å². The lowest BCUT2D eigenvalue weighted by Gasteiger charge is -2.71. The Balaban J connectivity index is 1.41. The van der Waals surface area contributed by atoms with Crippen LogP contribution in [0.2, 0.25) is 0 Å². The zero-order chi connectivity index (χ0) is 30.7. The first kappa shape index (κ1) is 29.6. The normalized spacial score (nSPS) is 49.1. The predicted octanol–water partition coefficient (Wildman–Crippen LogP) is 1.34. The fourth-order valence-corrected chi connectivity index (χ4v) is 11.6. The average molecular weight is 601 g/mol. The molecule has 7 bridgehead atoms. The van der Waals surface area contributed by atoms with Crippen LogP contribution in [0.1, 0.15) is 56.3 Å². The lowest BCUT2D eigenvalue weighted by Crippen LogP contribution is -2.87. The van der Waals surface area contributed by atoms with Crippen molar-refractivity contribution >= 4 is 17.6 Å². The van der Waals surface area contributed by atoms with Crippen molar-refractivity contribution < 1.29 is 43.9 Å². The molecule has 1 heterocycles. The van der Waals surface area contributed by atoms with E-state index < -0.39 is 63.9 Å². The predicted molar refractivity (Wildman–Crippen MR) is 153 cm³/mol. The highest BCUT2D eigenvalue weighted by Crippen LogP contribution is 2.80. The molecule has 1 aromatic rings. The van der Waals surface area contributed by atoms with E-state index in [0.717, 1.165) is 0 Å². The topological polar surface area (TPSA) is 147 Å². The minimum atomic E-state index is -1.93. The Hall–Kier alpha value is -2.12. The maximum atomic E-state index is 14.0. The molecule has 11 heteroatoms. The van der Waals surface area contributed by atoms with Crippen LogP contribution in [-0.2, 0) is 23.7 Å². The minimum Gasteiger partial charge on any atom is -0.454 e. The number of carbonyl (C=O) groups is 2. The van der Waals surface area contributed by atoms with Crippen molar-refractivity contribution in [1.29, 1.82) is 0 Å². The van der Waals surface area contributed by atoms with E-state index in [1.165, 1.54) is 6.92 Å². The summed E-state index contributed by atoms with van der Waals surface area (Å²) in [6.45, 7) is 4.30. The van der Waals surface area contributed by atoms with Crippen LogP contribution < -0.4 is 5.32 Å². The lowest BCUT2D eigenvalue weighted by molar-refractivity contribution is -0.369. The van der Waals surface area contributed by atoms with Crippen LogP contribution in [0, 0.1) is 23.2 Å². The van der Waals surface area contributed by atoms with Gasteiger partial charge in [0.25, 0.3) is 0 Å². The molecule has 236 valence electrons. The average Bonchev–Trinajstić information content (AvgIpc) is 3.36. The van der Waals surface area contributed by atoms with Crippen molar-refractivity contribution in [3.63, 3.8) is 0 Å². The number of aliphatic hydroxyl groups is 3. The van der Waals surface area contributed by atoms with Crippen molar-refractivity contribution in [3.05, 3.63) is 29.8 Å². The number of rotatable bonds is 7. The second-order valence-electron chi connectivity index (χ2n) is 13.9. The van der Waals surface area contributed by atoms with Gasteiger partial charge in [-0.2, -0.15) is 0 Å². The summed E-state index contributed by atoms with van der Waals surface area (Å²) < 4.78 is 24.8. The number of piperidine rings is 1. The number of hydrogen-bond acceptors (Lipinski definition) is 10. The van der Waals surface area contributed by atoms with Crippen molar-refractivity contribution in [2.45, 2.75) is 92.7 Å². The molecular formula is C32H44N2O9. The molecule has 0 aromatic heterocycles. The summed E-state index contributed by atoms with van der Waals surface area (Å²) in [7, 11) is 4.82. The zero-order valence-corrected chi connectivity index (χ0v) is 25.5. The third-order valence-corrected chi connectivity index (χ3v) is 12.7. The second kappa shape index (κ2) is 9.45. The van der Waals surface area contributed by atoms with Crippen LogP contribution >= 0.6 is 0 Å². The summed E-state index contributed by atoms with van der Waals surface area (Å²) in [6.07, 6.45) is 0.245. The van der Waals surface area contributed by atoms with Gasteiger partial charge < -0.3 is 39.6 Å². The summed E-state index contributed by atoms with van der Waals surface area (Å²) >= 11 is 0. The highest BCUT2D eigenvalue weighted by molar-refractivity contribution is 6.00. The smallest absolute Gasteiger partial charge is 0.340 e. The van der Waals surface area contributed by atoms with Crippen LogP contribution in [0.5, 0.6) is 0 Å². The summed E-state index contributed by atoms with van der Waals surface area (Å²) in [5.74, 6) is -1.97. The number of amides is 1. The Morgan fingerprint density at radius 3 is 2.44 bits per heavy atom. The van der Waals surface area contributed by atoms with Gasteiger partial charge >= 0.3 is 5.97 Å². The SMILES string of the molecule is CCN1C[C@]2(OC(=O)c3ccccc3NC(C)=O)CC[C@H](OC)[C@]34[C@@H]2C[C@](O)([C@@H]13)[C@@]1(O)C[C@H](OC)[C@H]2C[C@@H]4[C@]1(O)[C@H]2OC. The first-order valence-corrected chi connectivity index (χ1v) is 15.5. The number of fused-ring (bicyclic) bond motifs is 2. The van der Waals surface area contributed by atoms with Gasteiger partial charge in [0, 0.05) is 64.4 Å². The Bertz CT molecular complexity index is 1340. The zero-order valence-electron chi connectivity index (χ0n) is 25.5. The summed E-state index contributed by atoms with van der Waals surface area (Å²) in [5, 5.41) is 41.5. The summed E-state index contributed by atoms with van der Waals surface area (Å²) in [4.78, 5) is 28.1. The van der Waals surface area contributed by atoms with Crippen LogP contribution in [0.3, 0.4) is 0 Å². The number of carbonyl (C=O) groups excluding carboxylic acids is 2. The number of anilines is 1. The molecule has 5 saturated carbocycles. The number of benzene rings is 1. The van der Waals surface area contributed by atoms with Gasteiger partial charge in [0.15, 0.2) is 0 Å². The van der Waals surface area contributed by atoms with Crippen molar-refractivity contribution in [2.75, 3.05) is 39.7 Å². The number of hydrogen-bond donors (Lipinski definition) is 4. The number of likely N-dealkylation sites (N-methyl/N-ethyl adjacent to an activating group) is 1. The highest BCUT2D eigenvalue weighted by Gasteiger charge is 2.93. The molecule has 6 fully saturated rings. The second-order valence-corrected chi connectivity index (χ2v) is 13.9. The molecule has 7 rings (SSSR count). The third kappa shape index (κ3) is 3.24. The molecule has 6 aliphatic rings. The van der Waals surface area contributed by atoms with Crippen molar-refractivity contribution in [3.8, 4) is 0 Å². The number of para-hydroxylation sites is 1. The number of nitrogens with one attached hydrogen (secondary N) is 1. The van der Waals surface area contributed by atoms with Gasteiger partial charge in [0.1, 0.15) is 22.4 Å². The fraction of sp³-hybridized carbons (Fsp3) is 0.750.